The molecule has 0 unspecified atom stereocenters. The molecule has 0 aromatic heterocycles. The summed E-state index contributed by atoms with van der Waals surface area (Å²) in [7, 11) is 0. The van der Waals surface area contributed by atoms with Crippen molar-refractivity contribution < 1.29 is 13.9 Å². The van der Waals surface area contributed by atoms with Crippen molar-refractivity contribution in [2.75, 3.05) is 0 Å². The molecule has 86 valence electrons. The van der Waals surface area contributed by atoms with Gasteiger partial charge in [0, 0.05) is 0 Å². The Morgan fingerprint density at radius 1 is 1.00 bits per heavy atom. The SMILES string of the molecule is O=C(OCc1ccccc1)c1ccc(F)cc1. The van der Waals surface area contributed by atoms with E-state index in [0.717, 1.165) is 5.56 Å². The van der Waals surface area contributed by atoms with Gasteiger partial charge in [0.2, 0.25) is 0 Å². The van der Waals surface area contributed by atoms with Crippen LogP contribution >= 0.6 is 0 Å². The van der Waals surface area contributed by atoms with Crippen molar-refractivity contribution in [2.45, 2.75) is 6.61 Å². The van der Waals surface area contributed by atoms with E-state index in [1.54, 1.807) is 0 Å². The smallest absolute Gasteiger partial charge is 0.338 e. The van der Waals surface area contributed by atoms with Crippen LogP contribution in [0.5, 0.6) is 0 Å². The van der Waals surface area contributed by atoms with Gasteiger partial charge in [-0.05, 0) is 29.8 Å². The molecule has 0 bridgehead atoms. The Bertz CT molecular complexity index is 491. The van der Waals surface area contributed by atoms with E-state index in [4.69, 9.17) is 4.74 Å². The lowest BCUT2D eigenvalue weighted by atomic mass is 10.2. The molecule has 0 spiro atoms. The number of ether oxygens (including phenoxy) is 1. The van der Waals surface area contributed by atoms with Crippen LogP contribution in [0.25, 0.3) is 0 Å². The first-order chi connectivity index (χ1) is 8.25. The maximum Gasteiger partial charge on any atom is 0.338 e. The van der Waals surface area contributed by atoms with Crippen LogP contribution in [0.2, 0.25) is 0 Å². The van der Waals surface area contributed by atoms with Gasteiger partial charge in [-0.25, -0.2) is 9.18 Å². The lowest BCUT2D eigenvalue weighted by Gasteiger charge is -2.04. The third-order valence-electron chi connectivity index (χ3n) is 2.29. The van der Waals surface area contributed by atoms with Gasteiger partial charge in [0.1, 0.15) is 12.4 Å². The molecule has 0 radical (unpaired) electrons. The zero-order chi connectivity index (χ0) is 12.1. The first-order valence-corrected chi connectivity index (χ1v) is 5.22. The molecule has 0 atom stereocenters. The number of benzene rings is 2. The normalized spacial score (nSPS) is 9.94. The lowest BCUT2D eigenvalue weighted by molar-refractivity contribution is 0.0472. The van der Waals surface area contributed by atoms with Crippen LogP contribution in [-0.2, 0) is 11.3 Å². The summed E-state index contributed by atoms with van der Waals surface area (Å²) >= 11 is 0. The van der Waals surface area contributed by atoms with Gasteiger partial charge in [-0.2, -0.15) is 0 Å². The Hall–Kier alpha value is -2.16. The maximum atomic E-state index is 12.6. The van der Waals surface area contributed by atoms with Crippen molar-refractivity contribution in [3.8, 4) is 0 Å². The fourth-order valence-corrected chi connectivity index (χ4v) is 1.39. The zero-order valence-corrected chi connectivity index (χ0v) is 9.10. The molecular weight excluding hydrogens is 219 g/mol. The Kier molecular flexibility index (Phi) is 3.50. The summed E-state index contributed by atoms with van der Waals surface area (Å²) in [5, 5.41) is 0. The Morgan fingerprint density at radius 2 is 1.65 bits per heavy atom. The molecule has 0 saturated heterocycles. The monoisotopic (exact) mass is 230 g/mol. The van der Waals surface area contributed by atoms with Crippen LogP contribution in [0.4, 0.5) is 4.39 Å². The molecule has 0 heterocycles. The summed E-state index contributed by atoms with van der Waals surface area (Å²) in [5.74, 6) is -0.821. The summed E-state index contributed by atoms with van der Waals surface area (Å²) < 4.78 is 17.7. The van der Waals surface area contributed by atoms with Gasteiger partial charge in [0.05, 0.1) is 5.56 Å². The molecule has 0 saturated carbocycles. The highest BCUT2D eigenvalue weighted by Gasteiger charge is 2.06. The Balaban J connectivity index is 1.96. The van der Waals surface area contributed by atoms with Gasteiger partial charge in [0.25, 0.3) is 0 Å². The minimum atomic E-state index is -0.450. The maximum absolute atomic E-state index is 12.6. The number of hydrogen-bond donors (Lipinski definition) is 0. The Morgan fingerprint density at radius 3 is 2.29 bits per heavy atom. The van der Waals surface area contributed by atoms with E-state index in [2.05, 4.69) is 0 Å². The third-order valence-corrected chi connectivity index (χ3v) is 2.29. The largest absolute Gasteiger partial charge is 0.457 e. The van der Waals surface area contributed by atoms with Gasteiger partial charge in [-0.1, -0.05) is 30.3 Å². The van der Waals surface area contributed by atoms with Crippen LogP contribution in [0.1, 0.15) is 15.9 Å². The molecule has 0 N–H and O–H groups in total. The fraction of sp³-hybridized carbons (Fsp3) is 0.0714. The van der Waals surface area contributed by atoms with Crippen molar-refractivity contribution in [3.63, 3.8) is 0 Å². The minimum Gasteiger partial charge on any atom is -0.457 e. The first kappa shape index (κ1) is 11.3. The van der Waals surface area contributed by atoms with Gasteiger partial charge in [0.15, 0.2) is 0 Å². The number of hydrogen-bond acceptors (Lipinski definition) is 2. The van der Waals surface area contributed by atoms with E-state index >= 15 is 0 Å². The standard InChI is InChI=1S/C14H11FO2/c15-13-8-6-12(7-9-13)14(16)17-10-11-4-2-1-3-5-11/h1-9H,10H2. The van der Waals surface area contributed by atoms with Crippen LogP contribution in [0.15, 0.2) is 54.6 Å². The molecule has 2 aromatic rings. The van der Waals surface area contributed by atoms with Crippen molar-refractivity contribution in [3.05, 3.63) is 71.5 Å². The molecular formula is C14H11FO2. The topological polar surface area (TPSA) is 26.3 Å². The van der Waals surface area contributed by atoms with Crippen molar-refractivity contribution >= 4 is 5.97 Å². The average molecular weight is 230 g/mol. The molecule has 2 aromatic carbocycles. The summed E-state index contributed by atoms with van der Waals surface area (Å²) in [5.41, 5.74) is 1.27. The highest BCUT2D eigenvalue weighted by atomic mass is 19.1. The van der Waals surface area contributed by atoms with Crippen molar-refractivity contribution in [1.29, 1.82) is 0 Å². The summed E-state index contributed by atoms with van der Waals surface area (Å²) in [6, 6.07) is 14.7. The second kappa shape index (κ2) is 5.25. The molecule has 2 nitrogen and oxygen atoms in total. The summed E-state index contributed by atoms with van der Waals surface area (Å²) in [6.07, 6.45) is 0. The molecule has 0 fully saturated rings. The molecule has 0 aliphatic rings. The number of halogens is 1. The second-order valence-electron chi connectivity index (χ2n) is 3.57. The van der Waals surface area contributed by atoms with Gasteiger partial charge in [-0.3, -0.25) is 0 Å². The highest BCUT2D eigenvalue weighted by Crippen LogP contribution is 2.07. The summed E-state index contributed by atoms with van der Waals surface area (Å²) in [4.78, 5) is 11.6. The molecule has 2 rings (SSSR count). The number of carbonyl (C=O) groups excluding carboxylic acids is 1. The predicted molar refractivity (Wildman–Crippen MR) is 62.0 cm³/mol. The minimum absolute atomic E-state index is 0.219. The lowest BCUT2D eigenvalue weighted by Crippen LogP contribution is -2.05. The van der Waals surface area contributed by atoms with Crippen molar-refractivity contribution in [2.24, 2.45) is 0 Å². The van der Waals surface area contributed by atoms with Crippen LogP contribution in [0.3, 0.4) is 0 Å². The number of rotatable bonds is 3. The van der Waals surface area contributed by atoms with Crippen molar-refractivity contribution in [1.82, 2.24) is 0 Å². The number of carbonyl (C=O) groups is 1. The van der Waals surface area contributed by atoms with Gasteiger partial charge < -0.3 is 4.74 Å². The molecule has 17 heavy (non-hydrogen) atoms. The Labute approximate surface area is 98.7 Å². The summed E-state index contributed by atoms with van der Waals surface area (Å²) in [6.45, 7) is 0.219. The quantitative estimate of drug-likeness (QED) is 0.757. The van der Waals surface area contributed by atoms with Crippen LogP contribution < -0.4 is 0 Å². The predicted octanol–water partition coefficient (Wildman–Crippen LogP) is 3.18. The molecule has 0 aliphatic carbocycles. The van der Waals surface area contributed by atoms with Crippen LogP contribution in [-0.4, -0.2) is 5.97 Å². The second-order valence-corrected chi connectivity index (χ2v) is 3.57. The molecule has 3 heteroatoms. The van der Waals surface area contributed by atoms with E-state index in [9.17, 15) is 9.18 Å². The molecule has 0 aliphatic heterocycles. The van der Waals surface area contributed by atoms with E-state index in [-0.39, 0.29) is 12.4 Å². The van der Waals surface area contributed by atoms with E-state index in [1.165, 1.54) is 24.3 Å². The van der Waals surface area contributed by atoms with Gasteiger partial charge >= 0.3 is 5.97 Å². The number of esters is 1. The highest BCUT2D eigenvalue weighted by molar-refractivity contribution is 5.89. The molecule has 0 amide bonds. The van der Waals surface area contributed by atoms with E-state index in [1.807, 2.05) is 30.3 Å². The first-order valence-electron chi connectivity index (χ1n) is 5.22. The van der Waals surface area contributed by atoms with Gasteiger partial charge in [-0.15, -0.1) is 0 Å². The average Bonchev–Trinajstić information content (AvgIpc) is 2.38. The third kappa shape index (κ3) is 3.14. The van der Waals surface area contributed by atoms with E-state index in [0.29, 0.717) is 5.56 Å². The van der Waals surface area contributed by atoms with Crippen LogP contribution in [0, 0.1) is 5.82 Å². The van der Waals surface area contributed by atoms with E-state index < -0.39 is 5.97 Å². The fourth-order valence-electron chi connectivity index (χ4n) is 1.39. The zero-order valence-electron chi connectivity index (χ0n) is 9.10.